The van der Waals surface area contributed by atoms with Gasteiger partial charge in [-0.25, -0.2) is 0 Å². The summed E-state index contributed by atoms with van der Waals surface area (Å²) in [6.45, 7) is 0. The van der Waals surface area contributed by atoms with Crippen LogP contribution in [0.15, 0.2) is 69.0 Å². The summed E-state index contributed by atoms with van der Waals surface area (Å²) in [6.07, 6.45) is 8.62. The number of furan rings is 3. The van der Waals surface area contributed by atoms with Crippen LogP contribution in [0.2, 0.25) is 0 Å². The zero-order chi connectivity index (χ0) is 24.5. The van der Waals surface area contributed by atoms with Crippen molar-refractivity contribution in [1.82, 2.24) is 0 Å². The molecule has 3 aromatic heterocycles. The Morgan fingerprint density at radius 2 is 0.875 bits per heavy atom. The molecule has 0 fully saturated rings. The first-order valence-electron chi connectivity index (χ1n) is 7.28. The van der Waals surface area contributed by atoms with Crippen molar-refractivity contribution in [2.45, 2.75) is 0 Å². The maximum atomic E-state index is 8.12. The SMILES string of the molecule is N#Cc1ccoc1.N#Cc1ccoc1.N#Cc1ccoc1.O.[Cl][Pt]([Cl])([Cl])[Cl].[Cl][Pt][Cl].[K][K]. The molecule has 0 saturated heterocycles. The molecule has 0 amide bonds. The first-order chi connectivity index (χ1) is 14.7. The summed E-state index contributed by atoms with van der Waals surface area (Å²) in [5.74, 6) is 0. The standard InChI is InChI=1S/3C5H3NO.6ClH.2K.H2O.2Pt/c3*6-3-5-1-2-7-4-5;;;;;;;;;;;/h3*1-2,4H;6*1H;;;1H2;;/q;;;;;;;;;;;;+2;+4/p-6. The van der Waals surface area contributed by atoms with Gasteiger partial charge in [0, 0.05) is 0 Å². The second-order valence-electron chi connectivity index (χ2n) is 3.69. The van der Waals surface area contributed by atoms with Crippen LogP contribution >= 0.6 is 56.5 Å². The van der Waals surface area contributed by atoms with Gasteiger partial charge in [0.25, 0.3) is 0 Å². The molecule has 0 unspecified atom stereocenters. The third-order valence-electron chi connectivity index (χ3n) is 1.95. The molecule has 0 bridgehead atoms. The van der Waals surface area contributed by atoms with Crippen LogP contribution < -0.4 is 0 Å². The Bertz CT molecular complexity index is 752. The quantitative estimate of drug-likeness (QED) is 0.253. The second kappa shape index (κ2) is 31.7. The van der Waals surface area contributed by atoms with Crippen molar-refractivity contribution in [2.24, 2.45) is 0 Å². The summed E-state index contributed by atoms with van der Waals surface area (Å²) < 4.78 is 13.7. The number of hydrogen-bond donors (Lipinski definition) is 0. The van der Waals surface area contributed by atoms with Crippen LogP contribution in [0.5, 0.6) is 0 Å². The van der Waals surface area contributed by atoms with Gasteiger partial charge < -0.3 is 18.7 Å². The van der Waals surface area contributed by atoms with Crippen LogP contribution in [0.3, 0.4) is 0 Å². The third kappa shape index (κ3) is 37.2. The van der Waals surface area contributed by atoms with Crippen molar-refractivity contribution in [3.63, 3.8) is 0 Å². The molecule has 0 spiro atoms. The van der Waals surface area contributed by atoms with E-state index < -0.39 is 28.4 Å². The van der Waals surface area contributed by atoms with Gasteiger partial charge in [-0.3, -0.25) is 0 Å². The van der Waals surface area contributed by atoms with Crippen molar-refractivity contribution < 1.29 is 47.1 Å². The number of nitrogens with zero attached hydrogens (tertiary/aromatic N) is 3. The summed E-state index contributed by atoms with van der Waals surface area (Å²) in [5.41, 5.74) is 1.71. The normalized spacial score (nSPS) is 8.47. The summed E-state index contributed by atoms with van der Waals surface area (Å²) in [4.78, 5) is 0. The molecule has 3 heterocycles. The first kappa shape index (κ1) is 41.8. The Balaban J connectivity index is -0.000000153. The Hall–Kier alpha value is 2.66. The molecule has 3 aromatic rings. The van der Waals surface area contributed by atoms with Crippen molar-refractivity contribution in [3.05, 3.63) is 72.5 Å². The van der Waals surface area contributed by atoms with Crippen LogP contribution in [0.25, 0.3) is 0 Å². The Morgan fingerprint density at radius 3 is 0.938 bits per heavy atom. The summed E-state index contributed by atoms with van der Waals surface area (Å²) >= 11 is -1.03. The fourth-order valence-corrected chi connectivity index (χ4v) is 0.984. The van der Waals surface area contributed by atoms with Crippen LogP contribution in [0.4, 0.5) is 0 Å². The molecule has 3 rings (SSSR count). The first-order valence-corrected chi connectivity index (χ1v) is 40.2. The van der Waals surface area contributed by atoms with E-state index in [0.29, 0.717) is 16.7 Å². The number of halogens is 6. The van der Waals surface area contributed by atoms with Crippen molar-refractivity contribution in [1.29, 1.82) is 15.8 Å². The van der Waals surface area contributed by atoms with E-state index in [4.69, 9.17) is 72.3 Å². The van der Waals surface area contributed by atoms with Gasteiger partial charge in [-0.05, 0) is 18.2 Å². The van der Waals surface area contributed by atoms with Gasteiger partial charge >= 0.3 is 148 Å². The van der Waals surface area contributed by atoms with E-state index in [1.807, 2.05) is 18.2 Å². The van der Waals surface area contributed by atoms with Crippen molar-refractivity contribution in [2.75, 3.05) is 0 Å². The van der Waals surface area contributed by atoms with Gasteiger partial charge in [-0.15, -0.1) is 0 Å². The van der Waals surface area contributed by atoms with E-state index in [1.165, 1.54) is 101 Å². The van der Waals surface area contributed by atoms with E-state index in [9.17, 15) is 0 Å². The molecule has 174 valence electrons. The van der Waals surface area contributed by atoms with Gasteiger partial charge in [-0.2, -0.15) is 15.8 Å². The van der Waals surface area contributed by atoms with Gasteiger partial charge in [0.2, 0.25) is 0 Å². The molecule has 0 aliphatic carbocycles. The third-order valence-corrected chi connectivity index (χ3v) is 1.95. The predicted molar refractivity (Wildman–Crippen MR) is 121 cm³/mol. The van der Waals surface area contributed by atoms with E-state index in [1.54, 1.807) is 18.2 Å². The number of rotatable bonds is 0. The van der Waals surface area contributed by atoms with Gasteiger partial charge in [-0.1, -0.05) is 0 Å². The van der Waals surface area contributed by atoms with Crippen molar-refractivity contribution in [3.8, 4) is 18.2 Å². The fraction of sp³-hybridized carbons (Fsp3) is 0. The number of hydrogen-bond acceptors (Lipinski definition) is 6. The predicted octanol–water partition coefficient (Wildman–Crippen LogP) is 6.00. The van der Waals surface area contributed by atoms with Crippen LogP contribution in [0, 0.1) is 34.0 Å². The molecule has 0 saturated carbocycles. The molecule has 0 aliphatic rings. The minimum atomic E-state index is -3.06. The van der Waals surface area contributed by atoms with E-state index >= 15 is 0 Å². The van der Waals surface area contributed by atoms with E-state index in [2.05, 4.69) is 13.3 Å². The van der Waals surface area contributed by atoms with E-state index in [-0.39, 0.29) is 5.48 Å². The molecule has 0 aromatic carbocycles. The molecule has 2 N–H and O–H groups in total. The van der Waals surface area contributed by atoms with Crippen LogP contribution in [-0.2, 0) is 28.4 Å². The zero-order valence-electron chi connectivity index (χ0n) is 16.2. The molecule has 7 nitrogen and oxygen atoms in total. The minimum absolute atomic E-state index is 0. The fourth-order valence-electron chi connectivity index (χ4n) is 0.984. The molecule has 32 heavy (non-hydrogen) atoms. The Morgan fingerprint density at radius 1 is 0.688 bits per heavy atom. The molecule has 17 heteroatoms. The van der Waals surface area contributed by atoms with Gasteiger partial charge in [0.05, 0.1) is 35.5 Å². The Kier molecular flexibility index (Phi) is 41.4. The average Bonchev–Trinajstić information content (AvgIpc) is 3.53. The molecule has 0 atom stereocenters. The molecular weight excluding hydrogens is 967 g/mol. The van der Waals surface area contributed by atoms with Gasteiger partial charge in [0.1, 0.15) is 37.0 Å². The van der Waals surface area contributed by atoms with Gasteiger partial charge in [0.15, 0.2) is 0 Å². The average molecular weight is 978 g/mol. The zero-order valence-corrected chi connectivity index (χ0v) is 31.5. The second-order valence-corrected chi connectivity index (χ2v) is 26.7. The maximum absolute atomic E-state index is 8.12. The number of nitriles is 3. The molecule has 0 aliphatic heterocycles. The topological polar surface area (TPSA) is 142 Å². The summed E-state index contributed by atoms with van der Waals surface area (Å²) in [6, 6.07) is 10.6. The summed E-state index contributed by atoms with van der Waals surface area (Å²) in [7, 11) is 29.8. The van der Waals surface area contributed by atoms with E-state index in [0.717, 1.165) is 0 Å². The van der Waals surface area contributed by atoms with Crippen molar-refractivity contribution >= 4 is 120 Å². The molecular formula is C15H11Cl6K2N3O4Pt2. The van der Waals surface area contributed by atoms with Crippen LogP contribution in [-0.4, -0.2) is 68.6 Å². The summed E-state index contributed by atoms with van der Waals surface area (Å²) in [5, 5.41) is 24.3. The Labute approximate surface area is 266 Å². The monoisotopic (exact) mass is 975 g/mol. The molecule has 0 radical (unpaired) electrons. The van der Waals surface area contributed by atoms with Crippen LogP contribution in [0.1, 0.15) is 16.7 Å².